The number of hydrogen-bond acceptors (Lipinski definition) is 5. The van der Waals surface area contributed by atoms with Gasteiger partial charge in [-0.05, 0) is 25.1 Å². The van der Waals surface area contributed by atoms with E-state index in [1.807, 2.05) is 0 Å². The van der Waals surface area contributed by atoms with Gasteiger partial charge < -0.3 is 14.8 Å². The number of carbonyl (C=O) groups is 3. The van der Waals surface area contributed by atoms with E-state index < -0.39 is 23.7 Å². The van der Waals surface area contributed by atoms with Crippen molar-refractivity contribution in [3.8, 4) is 5.75 Å². The first-order valence-corrected chi connectivity index (χ1v) is 8.95. The Morgan fingerprint density at radius 1 is 1.14 bits per heavy atom. The second-order valence-corrected chi connectivity index (χ2v) is 6.10. The third-order valence-corrected chi connectivity index (χ3v) is 4.12. The number of imide groups is 1. The maximum Gasteiger partial charge on any atom is 0.344 e. The Kier molecular flexibility index (Phi) is 6.23. The Bertz CT molecular complexity index is 973. The van der Waals surface area contributed by atoms with Gasteiger partial charge in [-0.15, -0.1) is 0 Å². The normalized spacial score (nSPS) is 14.8. The van der Waals surface area contributed by atoms with Gasteiger partial charge in [0.2, 0.25) is 0 Å². The number of halogens is 1. The number of amides is 3. The van der Waals surface area contributed by atoms with Gasteiger partial charge in [-0.25, -0.2) is 14.0 Å². The van der Waals surface area contributed by atoms with Crippen LogP contribution in [0, 0.1) is 5.82 Å². The molecule has 2 aromatic carbocycles. The van der Waals surface area contributed by atoms with Crippen LogP contribution < -0.4 is 10.1 Å². The van der Waals surface area contributed by atoms with Gasteiger partial charge in [0, 0.05) is 11.1 Å². The SMILES string of the molecule is CCOC(=O)COc1ccccc1C=C1NC(=O)N(Cc2ccccc2F)C1=O. The minimum Gasteiger partial charge on any atom is -0.481 e. The number of esters is 1. The number of para-hydroxylation sites is 1. The first-order chi connectivity index (χ1) is 14.0. The Hall–Kier alpha value is -3.68. The van der Waals surface area contributed by atoms with Crippen LogP contribution in [0.3, 0.4) is 0 Å². The number of urea groups is 1. The molecular formula is C21H19FN2O5. The number of rotatable bonds is 7. The van der Waals surface area contributed by atoms with Gasteiger partial charge in [-0.1, -0.05) is 36.4 Å². The lowest BCUT2D eigenvalue weighted by Crippen LogP contribution is -2.30. The molecule has 1 aliphatic heterocycles. The van der Waals surface area contributed by atoms with Crippen molar-refractivity contribution in [3.05, 3.63) is 71.2 Å². The van der Waals surface area contributed by atoms with Crippen molar-refractivity contribution >= 4 is 24.0 Å². The second kappa shape index (κ2) is 9.01. The zero-order valence-corrected chi connectivity index (χ0v) is 15.7. The fourth-order valence-electron chi connectivity index (χ4n) is 2.74. The maximum absolute atomic E-state index is 13.9. The number of carbonyl (C=O) groups excluding carboxylic acids is 3. The van der Waals surface area contributed by atoms with Gasteiger partial charge in [0.1, 0.15) is 17.3 Å². The zero-order valence-electron chi connectivity index (χ0n) is 15.7. The van der Waals surface area contributed by atoms with E-state index in [-0.39, 0.29) is 31.0 Å². The van der Waals surface area contributed by atoms with Crippen molar-refractivity contribution in [2.45, 2.75) is 13.5 Å². The number of hydrogen-bond donors (Lipinski definition) is 1. The molecule has 29 heavy (non-hydrogen) atoms. The molecule has 0 bridgehead atoms. The van der Waals surface area contributed by atoms with Crippen molar-refractivity contribution in [1.29, 1.82) is 0 Å². The highest BCUT2D eigenvalue weighted by Gasteiger charge is 2.34. The van der Waals surface area contributed by atoms with E-state index in [2.05, 4.69) is 5.32 Å². The molecule has 1 N–H and O–H groups in total. The molecule has 3 amide bonds. The van der Waals surface area contributed by atoms with E-state index in [9.17, 15) is 18.8 Å². The first kappa shape index (κ1) is 20.1. The lowest BCUT2D eigenvalue weighted by molar-refractivity contribution is -0.145. The van der Waals surface area contributed by atoms with Crippen molar-refractivity contribution in [2.24, 2.45) is 0 Å². The molecular weight excluding hydrogens is 379 g/mol. The van der Waals surface area contributed by atoms with Crippen LogP contribution in [-0.2, 0) is 20.9 Å². The fraction of sp³-hybridized carbons (Fsp3) is 0.190. The summed E-state index contributed by atoms with van der Waals surface area (Å²) in [4.78, 5) is 37.3. The van der Waals surface area contributed by atoms with Crippen molar-refractivity contribution in [2.75, 3.05) is 13.2 Å². The molecule has 1 fully saturated rings. The number of nitrogens with one attached hydrogen (secondary N) is 1. The van der Waals surface area contributed by atoms with Gasteiger partial charge in [0.15, 0.2) is 6.61 Å². The van der Waals surface area contributed by atoms with Crippen LogP contribution >= 0.6 is 0 Å². The summed E-state index contributed by atoms with van der Waals surface area (Å²) in [6.07, 6.45) is 1.45. The molecule has 3 rings (SSSR count). The molecule has 1 heterocycles. The highest BCUT2D eigenvalue weighted by molar-refractivity contribution is 6.14. The number of benzene rings is 2. The zero-order chi connectivity index (χ0) is 20.8. The van der Waals surface area contributed by atoms with Crippen LogP contribution in [0.25, 0.3) is 6.08 Å². The molecule has 0 spiro atoms. The predicted octanol–water partition coefficient (Wildman–Crippen LogP) is 2.86. The molecule has 0 radical (unpaired) electrons. The summed E-state index contributed by atoms with van der Waals surface area (Å²) >= 11 is 0. The van der Waals surface area contributed by atoms with Crippen molar-refractivity contribution in [3.63, 3.8) is 0 Å². The summed E-state index contributed by atoms with van der Waals surface area (Å²) in [6.45, 7) is 1.47. The Balaban J connectivity index is 1.77. The molecule has 0 saturated carbocycles. The van der Waals surface area contributed by atoms with Gasteiger partial charge in [-0.2, -0.15) is 0 Å². The van der Waals surface area contributed by atoms with Crippen LogP contribution in [-0.4, -0.2) is 36.0 Å². The average Bonchev–Trinajstić information content (AvgIpc) is 2.96. The van der Waals surface area contributed by atoms with Gasteiger partial charge >= 0.3 is 12.0 Å². The second-order valence-electron chi connectivity index (χ2n) is 6.10. The molecule has 7 nitrogen and oxygen atoms in total. The fourth-order valence-corrected chi connectivity index (χ4v) is 2.74. The van der Waals surface area contributed by atoms with Crippen LogP contribution in [0.4, 0.5) is 9.18 Å². The van der Waals surface area contributed by atoms with E-state index in [4.69, 9.17) is 9.47 Å². The van der Waals surface area contributed by atoms with Crippen LogP contribution in [0.5, 0.6) is 5.75 Å². The third kappa shape index (κ3) is 4.78. The van der Waals surface area contributed by atoms with Crippen molar-refractivity contribution in [1.82, 2.24) is 10.2 Å². The summed E-state index contributed by atoms with van der Waals surface area (Å²) < 4.78 is 24.1. The Morgan fingerprint density at radius 2 is 1.86 bits per heavy atom. The number of ether oxygens (including phenoxy) is 2. The minimum atomic E-state index is -0.644. The summed E-state index contributed by atoms with van der Waals surface area (Å²) in [5.41, 5.74) is 0.752. The van der Waals surface area contributed by atoms with Gasteiger partial charge in [0.25, 0.3) is 5.91 Å². The third-order valence-electron chi connectivity index (χ3n) is 4.12. The van der Waals surface area contributed by atoms with Gasteiger partial charge in [-0.3, -0.25) is 9.69 Å². The van der Waals surface area contributed by atoms with E-state index in [0.717, 1.165) is 4.90 Å². The highest BCUT2D eigenvalue weighted by Crippen LogP contribution is 2.23. The largest absolute Gasteiger partial charge is 0.481 e. The molecule has 1 aliphatic rings. The monoisotopic (exact) mass is 398 g/mol. The molecule has 0 aromatic heterocycles. The molecule has 0 atom stereocenters. The predicted molar refractivity (Wildman–Crippen MR) is 102 cm³/mol. The summed E-state index contributed by atoms with van der Waals surface area (Å²) in [5, 5.41) is 2.48. The van der Waals surface area contributed by atoms with E-state index in [1.165, 1.54) is 24.3 Å². The smallest absolute Gasteiger partial charge is 0.344 e. The summed E-state index contributed by atoms with van der Waals surface area (Å²) in [7, 11) is 0. The van der Waals surface area contributed by atoms with E-state index >= 15 is 0 Å². The van der Waals surface area contributed by atoms with E-state index in [1.54, 1.807) is 37.3 Å². The molecule has 2 aromatic rings. The first-order valence-electron chi connectivity index (χ1n) is 8.95. The molecule has 150 valence electrons. The van der Waals surface area contributed by atoms with Gasteiger partial charge in [0.05, 0.1) is 13.2 Å². The Morgan fingerprint density at radius 3 is 2.62 bits per heavy atom. The molecule has 0 unspecified atom stereocenters. The molecule has 8 heteroatoms. The summed E-state index contributed by atoms with van der Waals surface area (Å²) in [6, 6.07) is 12.0. The topological polar surface area (TPSA) is 84.9 Å². The minimum absolute atomic E-state index is 0.0264. The number of nitrogens with zero attached hydrogens (tertiary/aromatic N) is 1. The average molecular weight is 398 g/mol. The highest BCUT2D eigenvalue weighted by atomic mass is 19.1. The standard InChI is InChI=1S/C21H19FN2O5/c1-2-28-19(25)13-29-18-10-6-4-7-14(18)11-17-20(26)24(21(27)23-17)12-15-8-3-5-9-16(15)22/h3-11H,2,12-13H2,1H3,(H,23,27). The lowest BCUT2D eigenvalue weighted by Gasteiger charge is -2.12. The van der Waals surface area contributed by atoms with Crippen LogP contribution in [0.1, 0.15) is 18.1 Å². The lowest BCUT2D eigenvalue weighted by atomic mass is 10.1. The van der Waals surface area contributed by atoms with Crippen molar-refractivity contribution < 1.29 is 28.2 Å². The molecule has 0 aliphatic carbocycles. The maximum atomic E-state index is 13.9. The summed E-state index contributed by atoms with van der Waals surface area (Å²) in [5.74, 6) is -1.25. The van der Waals surface area contributed by atoms with Crippen LogP contribution in [0.2, 0.25) is 0 Å². The Labute approximate surface area is 166 Å². The molecule has 1 saturated heterocycles. The van der Waals surface area contributed by atoms with Crippen LogP contribution in [0.15, 0.2) is 54.2 Å². The quantitative estimate of drug-likeness (QED) is 0.440. The van der Waals surface area contributed by atoms with E-state index in [0.29, 0.717) is 11.3 Å².